The zero-order chi connectivity index (χ0) is 12.1. The Morgan fingerprint density at radius 2 is 1.53 bits per heavy atom. The van der Waals surface area contributed by atoms with Crippen molar-refractivity contribution >= 4 is 19.4 Å². The van der Waals surface area contributed by atoms with E-state index in [0.717, 1.165) is 6.42 Å². The topological polar surface area (TPSA) is 35.5 Å². The maximum absolute atomic E-state index is 12.5. The molecule has 5 heteroatoms. The smallest absolute Gasteiger partial charge is 0.305 e. The van der Waals surface area contributed by atoms with E-state index in [2.05, 4.69) is 0 Å². The molecule has 0 aromatic carbocycles. The molecule has 0 saturated heterocycles. The largest absolute Gasteiger partial charge is 0.343 e. The summed E-state index contributed by atoms with van der Waals surface area (Å²) in [5.41, 5.74) is 0. The predicted molar refractivity (Wildman–Crippen MR) is 67.6 cm³/mol. The standard InChI is InChI=1S/C10H23O3PS/c1-7-10(15-6)14(11,12-8(2)3)13-9(4)5/h8-10H,7H2,1-6H3/t10-/m0/s1. The van der Waals surface area contributed by atoms with Crippen molar-refractivity contribution in [1.82, 2.24) is 0 Å². The van der Waals surface area contributed by atoms with E-state index in [-0.39, 0.29) is 17.2 Å². The number of hydrogen-bond donors (Lipinski definition) is 0. The molecule has 0 radical (unpaired) electrons. The lowest BCUT2D eigenvalue weighted by atomic mass is 10.5. The summed E-state index contributed by atoms with van der Waals surface area (Å²) in [6, 6.07) is 0. The molecule has 0 aliphatic heterocycles. The first-order chi connectivity index (χ1) is 6.85. The van der Waals surface area contributed by atoms with E-state index in [1.807, 2.05) is 40.9 Å². The van der Waals surface area contributed by atoms with Gasteiger partial charge in [-0.3, -0.25) is 4.57 Å². The van der Waals surface area contributed by atoms with Gasteiger partial charge in [0.25, 0.3) is 0 Å². The molecule has 0 spiro atoms. The Hall–Kier alpha value is 0.500. The molecule has 0 aromatic heterocycles. The van der Waals surface area contributed by atoms with Crippen LogP contribution in [0.2, 0.25) is 0 Å². The van der Waals surface area contributed by atoms with Crippen LogP contribution in [0, 0.1) is 0 Å². The van der Waals surface area contributed by atoms with Crippen LogP contribution in [0.25, 0.3) is 0 Å². The fraction of sp³-hybridized carbons (Fsp3) is 1.00. The van der Waals surface area contributed by atoms with E-state index < -0.39 is 7.60 Å². The Kier molecular flexibility index (Phi) is 7.18. The molecular formula is C10H23O3PS. The molecule has 0 aromatic rings. The molecule has 1 atom stereocenters. The second-order valence-corrected chi connectivity index (χ2v) is 7.46. The summed E-state index contributed by atoms with van der Waals surface area (Å²) in [5.74, 6) is 0. The van der Waals surface area contributed by atoms with Crippen LogP contribution in [0.5, 0.6) is 0 Å². The van der Waals surface area contributed by atoms with Crippen molar-refractivity contribution in [2.24, 2.45) is 0 Å². The van der Waals surface area contributed by atoms with Crippen LogP contribution in [0.4, 0.5) is 0 Å². The van der Waals surface area contributed by atoms with Gasteiger partial charge in [-0.1, -0.05) is 6.92 Å². The van der Waals surface area contributed by atoms with Gasteiger partial charge in [0, 0.05) is 0 Å². The Bertz CT molecular complexity index is 201. The summed E-state index contributed by atoms with van der Waals surface area (Å²) in [5, 5.41) is 0. The molecule has 92 valence electrons. The Morgan fingerprint density at radius 3 is 1.73 bits per heavy atom. The molecule has 0 unspecified atom stereocenters. The highest BCUT2D eigenvalue weighted by Gasteiger charge is 2.36. The molecule has 0 aliphatic carbocycles. The van der Waals surface area contributed by atoms with Gasteiger partial charge in [-0.05, 0) is 40.4 Å². The lowest BCUT2D eigenvalue weighted by Gasteiger charge is -2.28. The number of thioether (sulfide) groups is 1. The van der Waals surface area contributed by atoms with E-state index in [0.29, 0.717) is 0 Å². The molecule has 0 saturated carbocycles. The summed E-state index contributed by atoms with van der Waals surface area (Å²) in [6.07, 6.45) is 2.58. The average Bonchev–Trinajstić information content (AvgIpc) is 2.01. The molecular weight excluding hydrogens is 231 g/mol. The van der Waals surface area contributed by atoms with Gasteiger partial charge in [-0.2, -0.15) is 0 Å². The van der Waals surface area contributed by atoms with Gasteiger partial charge < -0.3 is 9.05 Å². The minimum absolute atomic E-state index is 0.0673. The third kappa shape index (κ3) is 5.39. The van der Waals surface area contributed by atoms with Crippen LogP contribution >= 0.6 is 19.4 Å². The third-order valence-corrected chi connectivity index (χ3v) is 6.48. The molecule has 0 rings (SSSR count). The van der Waals surface area contributed by atoms with Crippen molar-refractivity contribution in [2.45, 2.75) is 58.2 Å². The fourth-order valence-electron chi connectivity index (χ4n) is 1.27. The van der Waals surface area contributed by atoms with Crippen molar-refractivity contribution in [2.75, 3.05) is 6.26 Å². The normalized spacial score (nSPS) is 14.9. The van der Waals surface area contributed by atoms with Gasteiger partial charge in [-0.15, -0.1) is 11.8 Å². The Labute approximate surface area is 97.8 Å². The van der Waals surface area contributed by atoms with E-state index in [1.165, 1.54) is 0 Å². The average molecular weight is 254 g/mol. The van der Waals surface area contributed by atoms with E-state index >= 15 is 0 Å². The minimum Gasteiger partial charge on any atom is -0.305 e. The van der Waals surface area contributed by atoms with Gasteiger partial charge in [0.2, 0.25) is 0 Å². The lowest BCUT2D eigenvalue weighted by Crippen LogP contribution is -2.15. The molecule has 0 heterocycles. The van der Waals surface area contributed by atoms with Crippen molar-refractivity contribution in [3.63, 3.8) is 0 Å². The predicted octanol–water partition coefficient (Wildman–Crippen LogP) is 4.13. The van der Waals surface area contributed by atoms with E-state index in [9.17, 15) is 4.57 Å². The molecule has 0 aliphatic rings. The van der Waals surface area contributed by atoms with Gasteiger partial charge in [0.05, 0.1) is 12.2 Å². The van der Waals surface area contributed by atoms with Crippen molar-refractivity contribution < 1.29 is 13.6 Å². The van der Waals surface area contributed by atoms with Crippen LogP contribution in [0.3, 0.4) is 0 Å². The summed E-state index contributed by atoms with van der Waals surface area (Å²) in [4.78, 5) is -0.0673. The quantitative estimate of drug-likeness (QED) is 0.640. The monoisotopic (exact) mass is 254 g/mol. The second kappa shape index (κ2) is 6.95. The maximum atomic E-state index is 12.5. The first kappa shape index (κ1) is 15.5. The minimum atomic E-state index is -2.98. The van der Waals surface area contributed by atoms with Gasteiger partial charge in [0.1, 0.15) is 4.99 Å². The second-order valence-electron chi connectivity index (χ2n) is 3.95. The zero-order valence-electron chi connectivity index (χ0n) is 10.5. The van der Waals surface area contributed by atoms with E-state index in [1.54, 1.807) is 11.8 Å². The lowest BCUT2D eigenvalue weighted by molar-refractivity contribution is 0.141. The molecule has 15 heavy (non-hydrogen) atoms. The maximum Gasteiger partial charge on any atom is 0.343 e. The van der Waals surface area contributed by atoms with Crippen molar-refractivity contribution in [3.05, 3.63) is 0 Å². The molecule has 0 amide bonds. The van der Waals surface area contributed by atoms with Crippen LogP contribution in [-0.4, -0.2) is 23.5 Å². The highest BCUT2D eigenvalue weighted by molar-refractivity contribution is 8.04. The zero-order valence-corrected chi connectivity index (χ0v) is 12.2. The molecule has 0 fully saturated rings. The Balaban J connectivity index is 4.74. The Morgan fingerprint density at radius 1 is 1.13 bits per heavy atom. The summed E-state index contributed by atoms with van der Waals surface area (Å²) in [6.45, 7) is 9.51. The first-order valence-electron chi connectivity index (χ1n) is 5.35. The fourth-order valence-corrected chi connectivity index (χ4v) is 4.88. The summed E-state index contributed by atoms with van der Waals surface area (Å²) in [7, 11) is -2.98. The third-order valence-electron chi connectivity index (χ3n) is 1.69. The first-order valence-corrected chi connectivity index (χ1v) is 8.25. The van der Waals surface area contributed by atoms with E-state index in [4.69, 9.17) is 9.05 Å². The summed E-state index contributed by atoms with van der Waals surface area (Å²) >= 11 is 1.55. The number of hydrogen-bond acceptors (Lipinski definition) is 4. The summed E-state index contributed by atoms with van der Waals surface area (Å²) < 4.78 is 23.5. The van der Waals surface area contributed by atoms with Gasteiger partial charge in [-0.25, -0.2) is 0 Å². The molecule has 0 bridgehead atoms. The highest BCUT2D eigenvalue weighted by atomic mass is 32.2. The van der Waals surface area contributed by atoms with Crippen LogP contribution in [-0.2, 0) is 13.6 Å². The van der Waals surface area contributed by atoms with Gasteiger partial charge >= 0.3 is 7.60 Å². The van der Waals surface area contributed by atoms with Crippen LogP contribution in [0.15, 0.2) is 0 Å². The number of rotatable bonds is 7. The van der Waals surface area contributed by atoms with Gasteiger partial charge in [0.15, 0.2) is 0 Å². The van der Waals surface area contributed by atoms with Crippen molar-refractivity contribution in [1.29, 1.82) is 0 Å². The van der Waals surface area contributed by atoms with Crippen molar-refractivity contribution in [3.8, 4) is 0 Å². The highest BCUT2D eigenvalue weighted by Crippen LogP contribution is 2.59. The van der Waals surface area contributed by atoms with Crippen LogP contribution in [0.1, 0.15) is 41.0 Å². The molecule has 3 nitrogen and oxygen atoms in total. The SMILES string of the molecule is CC[C@H](SC)P(=O)(OC(C)C)OC(C)C. The molecule has 0 N–H and O–H groups in total. The van der Waals surface area contributed by atoms with Crippen LogP contribution < -0.4 is 0 Å².